The highest BCUT2D eigenvalue weighted by Crippen LogP contribution is 2.22. The van der Waals surface area contributed by atoms with Crippen molar-refractivity contribution in [3.8, 4) is 5.75 Å². The number of ether oxygens (including phenoxy) is 1. The fourth-order valence-corrected chi connectivity index (χ4v) is 3.71. The number of aryl methyl sites for hydroxylation is 1. The first kappa shape index (κ1) is 26.0. The van der Waals surface area contributed by atoms with Gasteiger partial charge in [0.1, 0.15) is 5.75 Å². The van der Waals surface area contributed by atoms with Gasteiger partial charge in [0.2, 0.25) is 5.91 Å². The summed E-state index contributed by atoms with van der Waals surface area (Å²) >= 11 is 0. The first-order valence-corrected chi connectivity index (χ1v) is 11.0. The van der Waals surface area contributed by atoms with E-state index in [0.717, 1.165) is 30.2 Å². The fraction of sp³-hybridized carbons (Fsp3) is 0.440. The number of amides is 1. The van der Waals surface area contributed by atoms with Crippen molar-refractivity contribution in [1.29, 1.82) is 0 Å². The smallest absolute Gasteiger partial charge is 0.222 e. The number of hydrogen-bond donors (Lipinski definition) is 2. The van der Waals surface area contributed by atoms with Crippen LogP contribution < -0.4 is 15.4 Å². The van der Waals surface area contributed by atoms with Crippen molar-refractivity contribution in [2.75, 3.05) is 13.6 Å². The molecule has 6 nitrogen and oxygen atoms in total. The first-order valence-electron chi connectivity index (χ1n) is 11.0. The lowest BCUT2D eigenvalue weighted by Crippen LogP contribution is -2.36. The molecule has 1 aliphatic heterocycles. The van der Waals surface area contributed by atoms with Crippen molar-refractivity contribution in [3.63, 3.8) is 0 Å². The Hall–Kier alpha value is -2.29. The molecule has 1 amide bonds. The van der Waals surface area contributed by atoms with Gasteiger partial charge in [-0.15, -0.1) is 24.0 Å². The second-order valence-corrected chi connectivity index (χ2v) is 8.24. The third-order valence-electron chi connectivity index (χ3n) is 5.35. The molecule has 0 bridgehead atoms. The SMILES string of the molecule is CN=C(NCc1ccccc1CN1CCCC1=O)NCc1ccc(C)cc1OC(C)C.I. The number of aliphatic imine (C=N–C) groups is 1. The molecule has 7 heteroatoms. The van der Waals surface area contributed by atoms with Crippen LogP contribution in [-0.4, -0.2) is 36.5 Å². The van der Waals surface area contributed by atoms with Crippen molar-refractivity contribution in [1.82, 2.24) is 15.5 Å². The minimum atomic E-state index is 0. The molecule has 0 spiro atoms. The highest BCUT2D eigenvalue weighted by atomic mass is 127. The second-order valence-electron chi connectivity index (χ2n) is 8.24. The molecule has 0 unspecified atom stereocenters. The molecular formula is C25H35IN4O2. The van der Waals surface area contributed by atoms with Crippen molar-refractivity contribution in [2.24, 2.45) is 4.99 Å². The molecule has 2 N–H and O–H groups in total. The number of nitrogens with one attached hydrogen (secondary N) is 2. The maximum atomic E-state index is 12.0. The molecule has 0 saturated carbocycles. The van der Waals surface area contributed by atoms with Gasteiger partial charge in [0.05, 0.1) is 6.10 Å². The van der Waals surface area contributed by atoms with E-state index in [2.05, 4.69) is 52.9 Å². The molecule has 1 heterocycles. The van der Waals surface area contributed by atoms with Crippen molar-refractivity contribution in [3.05, 3.63) is 64.7 Å². The lowest BCUT2D eigenvalue weighted by Gasteiger charge is -2.19. The Bertz CT molecular complexity index is 930. The summed E-state index contributed by atoms with van der Waals surface area (Å²) in [6.45, 7) is 8.91. The molecule has 0 radical (unpaired) electrons. The lowest BCUT2D eigenvalue weighted by molar-refractivity contribution is -0.128. The summed E-state index contributed by atoms with van der Waals surface area (Å²) in [5, 5.41) is 6.78. The molecule has 3 rings (SSSR count). The van der Waals surface area contributed by atoms with Gasteiger partial charge in [-0.3, -0.25) is 9.79 Å². The molecule has 32 heavy (non-hydrogen) atoms. The predicted molar refractivity (Wildman–Crippen MR) is 140 cm³/mol. The third kappa shape index (κ3) is 7.39. The Morgan fingerprint density at radius 1 is 1.09 bits per heavy atom. The summed E-state index contributed by atoms with van der Waals surface area (Å²) in [5.74, 6) is 1.87. The summed E-state index contributed by atoms with van der Waals surface area (Å²) in [7, 11) is 1.77. The lowest BCUT2D eigenvalue weighted by atomic mass is 10.1. The molecule has 1 fully saturated rings. The average molecular weight is 550 g/mol. The van der Waals surface area contributed by atoms with Crippen LogP contribution in [0.4, 0.5) is 0 Å². The van der Waals surface area contributed by atoms with E-state index in [9.17, 15) is 4.79 Å². The van der Waals surface area contributed by atoms with Crippen LogP contribution in [0.2, 0.25) is 0 Å². The standard InChI is InChI=1S/C25H34N4O2.HI/c1-18(2)31-23-14-19(3)11-12-21(23)16-28-25(26-4)27-15-20-8-5-6-9-22(20)17-29-13-7-10-24(29)30;/h5-6,8-9,11-12,14,18H,7,10,13,15-17H2,1-4H3,(H2,26,27,28);1H. The second kappa shape index (κ2) is 12.7. The number of hydrogen-bond acceptors (Lipinski definition) is 3. The number of rotatable bonds is 8. The van der Waals surface area contributed by atoms with E-state index in [1.807, 2.05) is 30.9 Å². The quantitative estimate of drug-likeness (QED) is 0.291. The van der Waals surface area contributed by atoms with Crippen molar-refractivity contribution >= 4 is 35.8 Å². The van der Waals surface area contributed by atoms with Gasteiger partial charge < -0.3 is 20.3 Å². The summed E-state index contributed by atoms with van der Waals surface area (Å²) in [6, 6.07) is 14.5. The number of nitrogens with zero attached hydrogens (tertiary/aromatic N) is 2. The van der Waals surface area contributed by atoms with Crippen LogP contribution in [0.3, 0.4) is 0 Å². The Balaban J connectivity index is 0.00000363. The maximum Gasteiger partial charge on any atom is 0.222 e. The van der Waals surface area contributed by atoms with Gasteiger partial charge in [-0.1, -0.05) is 36.4 Å². The van der Waals surface area contributed by atoms with Gasteiger partial charge in [0.25, 0.3) is 0 Å². The first-order chi connectivity index (χ1) is 15.0. The Labute approximate surface area is 208 Å². The van der Waals surface area contributed by atoms with Gasteiger partial charge in [0.15, 0.2) is 5.96 Å². The minimum absolute atomic E-state index is 0. The molecule has 1 saturated heterocycles. The maximum absolute atomic E-state index is 12.0. The van der Waals surface area contributed by atoms with E-state index in [4.69, 9.17) is 4.74 Å². The summed E-state index contributed by atoms with van der Waals surface area (Å²) < 4.78 is 5.98. The van der Waals surface area contributed by atoms with Crippen LogP contribution in [0.25, 0.3) is 0 Å². The van der Waals surface area contributed by atoms with E-state index >= 15 is 0 Å². The van der Waals surface area contributed by atoms with Gasteiger partial charge >= 0.3 is 0 Å². The van der Waals surface area contributed by atoms with Crippen LogP contribution in [0, 0.1) is 6.92 Å². The molecular weight excluding hydrogens is 515 g/mol. The van der Waals surface area contributed by atoms with Crippen LogP contribution in [0.15, 0.2) is 47.5 Å². The Kier molecular flexibility index (Phi) is 10.3. The monoisotopic (exact) mass is 550 g/mol. The largest absolute Gasteiger partial charge is 0.491 e. The highest BCUT2D eigenvalue weighted by molar-refractivity contribution is 14.0. The van der Waals surface area contributed by atoms with E-state index in [1.165, 1.54) is 16.7 Å². The number of carbonyl (C=O) groups is 1. The normalized spacial score (nSPS) is 13.8. The Morgan fingerprint density at radius 3 is 2.41 bits per heavy atom. The summed E-state index contributed by atoms with van der Waals surface area (Å²) in [5.41, 5.74) is 4.61. The van der Waals surface area contributed by atoms with Gasteiger partial charge in [-0.05, 0) is 49.9 Å². The molecule has 174 valence electrons. The Morgan fingerprint density at radius 2 is 1.78 bits per heavy atom. The molecule has 0 aromatic heterocycles. The number of benzene rings is 2. The van der Waals surface area contributed by atoms with Crippen LogP contribution in [-0.2, 0) is 24.4 Å². The fourth-order valence-electron chi connectivity index (χ4n) is 3.71. The summed E-state index contributed by atoms with van der Waals surface area (Å²) in [4.78, 5) is 18.3. The van der Waals surface area contributed by atoms with Crippen LogP contribution in [0.1, 0.15) is 48.9 Å². The highest BCUT2D eigenvalue weighted by Gasteiger charge is 2.20. The number of likely N-dealkylation sites (tertiary alicyclic amines) is 1. The molecule has 2 aromatic carbocycles. The number of carbonyl (C=O) groups excluding carboxylic acids is 1. The molecule has 1 aliphatic rings. The molecule has 0 atom stereocenters. The minimum Gasteiger partial charge on any atom is -0.491 e. The third-order valence-corrected chi connectivity index (χ3v) is 5.35. The summed E-state index contributed by atoms with van der Waals surface area (Å²) in [6.07, 6.45) is 1.74. The zero-order valence-electron chi connectivity index (χ0n) is 19.5. The van der Waals surface area contributed by atoms with E-state index in [1.54, 1.807) is 7.05 Å². The van der Waals surface area contributed by atoms with Crippen LogP contribution >= 0.6 is 24.0 Å². The average Bonchev–Trinajstić information content (AvgIpc) is 3.14. The predicted octanol–water partition coefficient (Wildman–Crippen LogP) is 4.39. The topological polar surface area (TPSA) is 66.0 Å². The van der Waals surface area contributed by atoms with Crippen LogP contribution in [0.5, 0.6) is 5.75 Å². The van der Waals surface area contributed by atoms with E-state index in [0.29, 0.717) is 26.1 Å². The number of halogens is 1. The molecule has 2 aromatic rings. The number of guanidine groups is 1. The van der Waals surface area contributed by atoms with E-state index < -0.39 is 0 Å². The van der Waals surface area contributed by atoms with E-state index in [-0.39, 0.29) is 36.0 Å². The zero-order chi connectivity index (χ0) is 22.2. The zero-order valence-corrected chi connectivity index (χ0v) is 21.8. The van der Waals surface area contributed by atoms with Gasteiger partial charge in [0, 0.05) is 45.2 Å². The van der Waals surface area contributed by atoms with Crippen molar-refractivity contribution in [2.45, 2.75) is 59.4 Å². The molecule has 0 aliphatic carbocycles. The van der Waals surface area contributed by atoms with Gasteiger partial charge in [-0.25, -0.2) is 0 Å². The van der Waals surface area contributed by atoms with Gasteiger partial charge in [-0.2, -0.15) is 0 Å². The van der Waals surface area contributed by atoms with Crippen molar-refractivity contribution < 1.29 is 9.53 Å².